The van der Waals surface area contributed by atoms with Crippen molar-refractivity contribution in [2.45, 2.75) is 57.8 Å². The Hall–Kier alpha value is -4.27. The van der Waals surface area contributed by atoms with Gasteiger partial charge in [0.2, 0.25) is 0 Å². The number of benzene rings is 3. The summed E-state index contributed by atoms with van der Waals surface area (Å²) in [5.74, 6) is -2.02. The van der Waals surface area contributed by atoms with Crippen LogP contribution in [0, 0.1) is 5.82 Å². The van der Waals surface area contributed by atoms with Crippen LogP contribution in [0.25, 0.3) is 22.4 Å². The number of aliphatic carboxylic acids is 1. The highest BCUT2D eigenvalue weighted by atomic mass is 19.1. The van der Waals surface area contributed by atoms with E-state index in [0.29, 0.717) is 28.1 Å². The number of aliphatic hydroxyl groups is 2. The zero-order valence-corrected chi connectivity index (χ0v) is 23.1. The smallest absolute Gasteiger partial charge is 0.305 e. The summed E-state index contributed by atoms with van der Waals surface area (Å²) < 4.78 is 16.5. The lowest BCUT2D eigenvalue weighted by Crippen LogP contribution is -2.22. The number of nitrogens with zero attached hydrogens (tertiary/aromatic N) is 1. The number of carbonyl (C=O) groups is 2. The molecule has 8 heteroatoms. The molecular weight excluding hydrogens is 523 g/mol. The number of aliphatic hydroxyl groups excluding tert-OH is 2. The number of hydrogen-bond acceptors (Lipinski definition) is 4. The molecule has 0 saturated heterocycles. The Labute approximate surface area is 238 Å². The summed E-state index contributed by atoms with van der Waals surface area (Å²) in [6.45, 7) is 4.20. The zero-order valence-electron chi connectivity index (χ0n) is 23.1. The van der Waals surface area contributed by atoms with Crippen molar-refractivity contribution in [3.05, 3.63) is 102 Å². The molecule has 4 N–H and O–H groups in total. The van der Waals surface area contributed by atoms with Gasteiger partial charge < -0.3 is 25.2 Å². The summed E-state index contributed by atoms with van der Waals surface area (Å²) in [6.07, 6.45) is -2.57. The molecular formula is C33H35FN2O5. The number of anilines is 1. The van der Waals surface area contributed by atoms with E-state index in [0.717, 1.165) is 11.3 Å². The van der Waals surface area contributed by atoms with Gasteiger partial charge in [0.25, 0.3) is 5.91 Å². The monoisotopic (exact) mass is 558 g/mol. The van der Waals surface area contributed by atoms with Crippen molar-refractivity contribution in [2.24, 2.45) is 0 Å². The number of hydrogen-bond donors (Lipinski definition) is 4. The molecule has 0 aliphatic rings. The highest BCUT2D eigenvalue weighted by Crippen LogP contribution is 2.42. The van der Waals surface area contributed by atoms with Crippen LogP contribution < -0.4 is 5.32 Å². The van der Waals surface area contributed by atoms with E-state index in [-0.39, 0.29) is 31.2 Å². The number of carbonyl (C=O) groups excluding carboxylic acids is 1. The molecule has 1 amide bonds. The van der Waals surface area contributed by atoms with Gasteiger partial charge in [-0.25, -0.2) is 4.39 Å². The quantitative estimate of drug-likeness (QED) is 0.163. The van der Waals surface area contributed by atoms with E-state index in [4.69, 9.17) is 5.11 Å². The van der Waals surface area contributed by atoms with Crippen molar-refractivity contribution < 1.29 is 29.3 Å². The number of aromatic nitrogens is 1. The minimum atomic E-state index is -1.19. The average molecular weight is 559 g/mol. The summed E-state index contributed by atoms with van der Waals surface area (Å²) >= 11 is 0. The van der Waals surface area contributed by atoms with Crippen molar-refractivity contribution in [3.63, 3.8) is 0 Å². The van der Waals surface area contributed by atoms with Gasteiger partial charge in [-0.2, -0.15) is 0 Å². The van der Waals surface area contributed by atoms with Gasteiger partial charge >= 0.3 is 5.97 Å². The Morgan fingerprint density at radius 1 is 0.878 bits per heavy atom. The van der Waals surface area contributed by atoms with Gasteiger partial charge in [0.05, 0.1) is 29.9 Å². The van der Waals surface area contributed by atoms with Crippen LogP contribution in [0.2, 0.25) is 0 Å². The first kappa shape index (κ1) is 29.7. The highest BCUT2D eigenvalue weighted by molar-refractivity contribution is 6.12. The number of halogens is 1. The summed E-state index contributed by atoms with van der Waals surface area (Å²) in [5, 5.41) is 32.8. The maximum absolute atomic E-state index is 14.6. The fourth-order valence-electron chi connectivity index (χ4n) is 5.23. The summed E-state index contributed by atoms with van der Waals surface area (Å²) in [4.78, 5) is 25.0. The van der Waals surface area contributed by atoms with Crippen molar-refractivity contribution in [3.8, 4) is 22.4 Å². The molecule has 4 rings (SSSR count). The second-order valence-electron chi connectivity index (χ2n) is 10.4. The normalized spacial score (nSPS) is 12.7. The molecule has 214 valence electrons. The number of carboxylic acid groups (broad SMARTS) is 1. The molecule has 1 heterocycles. The Bertz CT molecular complexity index is 1480. The van der Waals surface area contributed by atoms with E-state index in [1.165, 1.54) is 12.1 Å². The van der Waals surface area contributed by atoms with Crippen LogP contribution >= 0.6 is 0 Å². The molecule has 0 unspecified atom stereocenters. The minimum absolute atomic E-state index is 0.104. The fourth-order valence-corrected chi connectivity index (χ4v) is 5.23. The van der Waals surface area contributed by atoms with Gasteiger partial charge in [0, 0.05) is 29.1 Å². The van der Waals surface area contributed by atoms with Gasteiger partial charge in [0.1, 0.15) is 5.82 Å². The molecule has 1 aromatic heterocycles. The molecule has 0 saturated carbocycles. The first-order valence-corrected chi connectivity index (χ1v) is 13.7. The van der Waals surface area contributed by atoms with Crippen LogP contribution in [0.5, 0.6) is 0 Å². The SMILES string of the molecule is CC(C)c1c(C(=O)Nc2ccccc2)c(-c2ccccc2)c(-c2cccc(F)c2)n1CC[C@@H](O)C[C@@H](O)CC(=O)O. The van der Waals surface area contributed by atoms with Crippen molar-refractivity contribution in [2.75, 3.05) is 5.32 Å². The molecule has 0 spiro atoms. The maximum atomic E-state index is 14.6. The first-order chi connectivity index (χ1) is 19.7. The molecule has 2 atom stereocenters. The van der Waals surface area contributed by atoms with Crippen molar-refractivity contribution in [1.82, 2.24) is 4.57 Å². The van der Waals surface area contributed by atoms with Gasteiger partial charge in [-0.3, -0.25) is 9.59 Å². The van der Waals surface area contributed by atoms with Crippen LogP contribution in [0.4, 0.5) is 10.1 Å². The third kappa shape index (κ3) is 7.28. The number of amides is 1. The topological polar surface area (TPSA) is 112 Å². The summed E-state index contributed by atoms with van der Waals surface area (Å²) in [6, 6.07) is 24.8. The summed E-state index contributed by atoms with van der Waals surface area (Å²) in [5.41, 5.74) is 4.44. The van der Waals surface area contributed by atoms with Gasteiger partial charge in [-0.1, -0.05) is 74.5 Å². The fraction of sp³-hybridized carbons (Fsp3) is 0.273. The lowest BCUT2D eigenvalue weighted by molar-refractivity contribution is -0.139. The molecule has 7 nitrogen and oxygen atoms in total. The Morgan fingerprint density at radius 2 is 1.51 bits per heavy atom. The zero-order chi connectivity index (χ0) is 29.5. The van der Waals surface area contributed by atoms with E-state index in [9.17, 15) is 24.2 Å². The second-order valence-corrected chi connectivity index (χ2v) is 10.4. The molecule has 0 radical (unpaired) electrons. The van der Waals surface area contributed by atoms with Crippen molar-refractivity contribution >= 4 is 17.6 Å². The lowest BCUT2D eigenvalue weighted by atomic mass is 9.94. The third-order valence-electron chi connectivity index (χ3n) is 6.91. The largest absolute Gasteiger partial charge is 0.481 e. The van der Waals surface area contributed by atoms with E-state index < -0.39 is 30.4 Å². The second kappa shape index (κ2) is 13.4. The predicted octanol–water partition coefficient (Wildman–Crippen LogP) is 6.31. The Balaban J connectivity index is 1.90. The van der Waals surface area contributed by atoms with Crippen molar-refractivity contribution in [1.29, 1.82) is 0 Å². The third-order valence-corrected chi connectivity index (χ3v) is 6.91. The van der Waals surface area contributed by atoms with Crippen LogP contribution in [0.3, 0.4) is 0 Å². The minimum Gasteiger partial charge on any atom is -0.481 e. The number of carboxylic acids is 1. The average Bonchev–Trinajstić information content (AvgIpc) is 3.28. The van der Waals surface area contributed by atoms with Gasteiger partial charge in [-0.15, -0.1) is 0 Å². The van der Waals surface area contributed by atoms with E-state index >= 15 is 0 Å². The predicted molar refractivity (Wildman–Crippen MR) is 157 cm³/mol. The summed E-state index contributed by atoms with van der Waals surface area (Å²) in [7, 11) is 0. The highest BCUT2D eigenvalue weighted by Gasteiger charge is 2.31. The van der Waals surface area contributed by atoms with E-state index in [2.05, 4.69) is 5.32 Å². The van der Waals surface area contributed by atoms with Crippen LogP contribution in [-0.4, -0.2) is 44.0 Å². The number of rotatable bonds is 12. The van der Waals surface area contributed by atoms with Crippen LogP contribution in [0.1, 0.15) is 55.1 Å². The standard InChI is InChI=1S/C33H35FN2O5/c1-21(2)31-30(33(41)35-25-14-7-4-8-15-25)29(22-10-5-3-6-11-22)32(23-12-9-13-24(34)18-23)36(31)17-16-26(37)19-27(38)20-28(39)40/h3-15,18,21,26-27,37-38H,16-17,19-20H2,1-2H3,(H,35,41)(H,39,40)/t26-,27-/m1/s1. The molecule has 4 aromatic rings. The molecule has 0 aliphatic carbocycles. The van der Waals surface area contributed by atoms with E-state index in [1.54, 1.807) is 24.3 Å². The molecule has 3 aromatic carbocycles. The number of nitrogens with one attached hydrogen (secondary N) is 1. The molecule has 0 bridgehead atoms. The van der Waals surface area contributed by atoms with Crippen LogP contribution in [-0.2, 0) is 11.3 Å². The Morgan fingerprint density at radius 3 is 2.12 bits per heavy atom. The van der Waals surface area contributed by atoms with Crippen LogP contribution in [0.15, 0.2) is 84.9 Å². The molecule has 41 heavy (non-hydrogen) atoms. The molecule has 0 aliphatic heterocycles. The van der Waals surface area contributed by atoms with Gasteiger partial charge in [0.15, 0.2) is 0 Å². The first-order valence-electron chi connectivity index (χ1n) is 13.7. The lowest BCUT2D eigenvalue weighted by Gasteiger charge is -2.20. The van der Waals surface area contributed by atoms with Gasteiger partial charge in [-0.05, 0) is 48.6 Å². The maximum Gasteiger partial charge on any atom is 0.305 e. The van der Waals surface area contributed by atoms with E-state index in [1.807, 2.05) is 66.9 Å². The number of para-hydroxylation sites is 1. The Kier molecular flexibility index (Phi) is 9.70. The molecule has 0 fully saturated rings.